The van der Waals surface area contributed by atoms with Crippen molar-refractivity contribution >= 4 is 34.8 Å². The molecule has 0 atom stereocenters. The zero-order chi connectivity index (χ0) is 15.8. The van der Waals surface area contributed by atoms with Gasteiger partial charge in [-0.05, 0) is 29.8 Å². The van der Waals surface area contributed by atoms with Gasteiger partial charge in [-0.1, -0.05) is 40.9 Å². The fraction of sp³-hybridized carbons (Fsp3) is 0.0769. The Kier molecular flexibility index (Phi) is 4.56. The molecule has 0 amide bonds. The van der Waals surface area contributed by atoms with Crippen LogP contribution < -0.4 is 4.74 Å². The Labute approximate surface area is 132 Å². The number of hydrogen-bond donors (Lipinski definition) is 0. The highest BCUT2D eigenvalue weighted by Gasteiger charge is 2.32. The van der Waals surface area contributed by atoms with E-state index in [4.69, 9.17) is 34.8 Å². The predicted octanol–water partition coefficient (Wildman–Crippen LogP) is 6.35. The smallest absolute Gasteiger partial charge is 0.403 e. The number of benzene rings is 2. The van der Waals surface area contributed by atoms with Crippen LogP contribution in [-0.2, 0) is 0 Å². The van der Waals surface area contributed by atoms with Crippen molar-refractivity contribution in [3.8, 4) is 16.9 Å². The Balaban J connectivity index is 2.43. The van der Waals surface area contributed by atoms with Crippen LogP contribution in [0.4, 0.5) is 17.6 Å². The quantitative estimate of drug-likeness (QED) is 0.448. The third-order valence-corrected chi connectivity index (χ3v) is 3.51. The molecule has 0 bridgehead atoms. The molecule has 0 fully saturated rings. The Morgan fingerprint density at radius 3 is 2.05 bits per heavy atom. The summed E-state index contributed by atoms with van der Waals surface area (Å²) in [6, 6.07) is 5.71. The van der Waals surface area contributed by atoms with Gasteiger partial charge < -0.3 is 4.74 Å². The number of alkyl halides is 3. The van der Waals surface area contributed by atoms with Crippen LogP contribution in [0, 0.1) is 5.82 Å². The summed E-state index contributed by atoms with van der Waals surface area (Å²) < 4.78 is 53.4. The first-order valence-corrected chi connectivity index (χ1v) is 6.51. The van der Waals surface area contributed by atoms with Gasteiger partial charge in [-0.2, -0.15) is 0 Å². The number of ether oxygens (including phenoxy) is 1. The van der Waals surface area contributed by atoms with E-state index in [1.807, 2.05) is 0 Å². The summed E-state index contributed by atoms with van der Waals surface area (Å²) in [6.45, 7) is 0. The van der Waals surface area contributed by atoms with Crippen molar-refractivity contribution in [1.29, 1.82) is 0 Å². The van der Waals surface area contributed by atoms with Crippen molar-refractivity contribution in [3.63, 3.8) is 0 Å². The zero-order valence-electron chi connectivity index (χ0n) is 9.94. The first-order valence-electron chi connectivity index (χ1n) is 5.37. The Morgan fingerprint density at radius 1 is 0.857 bits per heavy atom. The maximum absolute atomic E-state index is 13.7. The normalized spacial score (nSPS) is 11.6. The molecular formula is C13H5Cl3F4O. The van der Waals surface area contributed by atoms with E-state index in [0.717, 1.165) is 12.1 Å². The van der Waals surface area contributed by atoms with Gasteiger partial charge in [0.15, 0.2) is 11.6 Å². The van der Waals surface area contributed by atoms with E-state index in [-0.39, 0.29) is 20.6 Å². The highest BCUT2D eigenvalue weighted by Crippen LogP contribution is 2.37. The molecule has 0 N–H and O–H groups in total. The van der Waals surface area contributed by atoms with Crippen LogP contribution in [0.25, 0.3) is 11.1 Å². The van der Waals surface area contributed by atoms with Crippen LogP contribution in [0.2, 0.25) is 15.1 Å². The molecule has 2 rings (SSSR count). The minimum absolute atomic E-state index is 0.187. The third kappa shape index (κ3) is 3.93. The van der Waals surface area contributed by atoms with Crippen LogP contribution in [0.3, 0.4) is 0 Å². The van der Waals surface area contributed by atoms with Crippen LogP contribution in [0.15, 0.2) is 30.3 Å². The fourth-order valence-electron chi connectivity index (χ4n) is 1.62. The molecular weight excluding hydrogens is 354 g/mol. The molecule has 0 aliphatic rings. The molecule has 0 aromatic heterocycles. The Hall–Kier alpha value is -1.17. The van der Waals surface area contributed by atoms with Crippen molar-refractivity contribution in [2.45, 2.75) is 6.36 Å². The summed E-state index contributed by atoms with van der Waals surface area (Å²) in [5.41, 5.74) is 0.578. The number of halogens is 7. The third-order valence-electron chi connectivity index (χ3n) is 2.48. The molecule has 1 nitrogen and oxygen atoms in total. The van der Waals surface area contributed by atoms with Crippen LogP contribution in [-0.4, -0.2) is 6.36 Å². The van der Waals surface area contributed by atoms with E-state index >= 15 is 0 Å². The number of rotatable bonds is 2. The molecule has 0 saturated carbocycles. The van der Waals surface area contributed by atoms with Gasteiger partial charge in [0.05, 0.1) is 10.0 Å². The SMILES string of the molecule is Fc1cc(-c2cc(Cl)c(Cl)cc2Cl)ccc1OC(F)(F)F. The Bertz CT molecular complexity index is 686. The topological polar surface area (TPSA) is 9.23 Å². The van der Waals surface area contributed by atoms with Crippen molar-refractivity contribution < 1.29 is 22.3 Å². The van der Waals surface area contributed by atoms with Crippen LogP contribution >= 0.6 is 34.8 Å². The van der Waals surface area contributed by atoms with Gasteiger partial charge in [0, 0.05) is 10.6 Å². The lowest BCUT2D eigenvalue weighted by atomic mass is 10.1. The second-order valence-electron chi connectivity index (χ2n) is 3.94. The van der Waals surface area contributed by atoms with E-state index in [9.17, 15) is 17.6 Å². The first kappa shape index (κ1) is 16.2. The maximum atomic E-state index is 13.7. The Morgan fingerprint density at radius 2 is 1.48 bits per heavy atom. The molecule has 112 valence electrons. The standard InChI is InChI=1S/C13H5Cl3F4O/c14-8-5-10(16)9(15)4-7(8)6-1-2-12(11(17)3-6)21-13(18,19)20/h1-5H. The molecule has 0 spiro atoms. The van der Waals surface area contributed by atoms with Crippen molar-refractivity contribution in [1.82, 2.24) is 0 Å². The lowest BCUT2D eigenvalue weighted by Gasteiger charge is -2.11. The average Bonchev–Trinajstić information content (AvgIpc) is 2.35. The molecule has 0 unspecified atom stereocenters. The monoisotopic (exact) mass is 358 g/mol. The molecule has 0 heterocycles. The highest BCUT2D eigenvalue weighted by atomic mass is 35.5. The minimum atomic E-state index is -4.97. The predicted molar refractivity (Wildman–Crippen MR) is 73.5 cm³/mol. The molecule has 21 heavy (non-hydrogen) atoms. The summed E-state index contributed by atoms with van der Waals surface area (Å²) in [7, 11) is 0. The van der Waals surface area contributed by atoms with Crippen molar-refractivity contribution in [3.05, 3.63) is 51.2 Å². The van der Waals surface area contributed by atoms with Gasteiger partial charge in [0.2, 0.25) is 0 Å². The number of hydrogen-bond acceptors (Lipinski definition) is 1. The molecule has 0 radical (unpaired) electrons. The summed E-state index contributed by atoms with van der Waals surface area (Å²) >= 11 is 17.6. The van der Waals surface area contributed by atoms with E-state index in [0.29, 0.717) is 5.56 Å². The van der Waals surface area contributed by atoms with Gasteiger partial charge in [-0.3, -0.25) is 0 Å². The fourth-order valence-corrected chi connectivity index (χ4v) is 2.28. The first-order chi connectivity index (χ1) is 9.67. The lowest BCUT2D eigenvalue weighted by Crippen LogP contribution is -2.17. The molecule has 0 aliphatic heterocycles. The minimum Gasteiger partial charge on any atom is -0.403 e. The summed E-state index contributed by atoms with van der Waals surface area (Å²) in [5.74, 6) is -2.10. The van der Waals surface area contributed by atoms with E-state index in [2.05, 4.69) is 4.74 Å². The van der Waals surface area contributed by atoms with Gasteiger partial charge in [0.25, 0.3) is 0 Å². The molecule has 2 aromatic rings. The summed E-state index contributed by atoms with van der Waals surface area (Å²) in [5, 5.41) is 0.586. The van der Waals surface area contributed by atoms with Gasteiger partial charge >= 0.3 is 6.36 Å². The van der Waals surface area contributed by atoms with Crippen LogP contribution in [0.1, 0.15) is 0 Å². The average molecular weight is 360 g/mol. The van der Waals surface area contributed by atoms with Crippen molar-refractivity contribution in [2.24, 2.45) is 0 Å². The summed E-state index contributed by atoms with van der Waals surface area (Å²) in [6.07, 6.45) is -4.97. The largest absolute Gasteiger partial charge is 0.573 e. The van der Waals surface area contributed by atoms with Crippen molar-refractivity contribution in [2.75, 3.05) is 0 Å². The van der Waals surface area contributed by atoms with E-state index in [1.54, 1.807) is 0 Å². The zero-order valence-corrected chi connectivity index (χ0v) is 12.2. The maximum Gasteiger partial charge on any atom is 0.573 e. The van der Waals surface area contributed by atoms with Crippen LogP contribution in [0.5, 0.6) is 5.75 Å². The molecule has 0 saturated heterocycles. The van der Waals surface area contributed by atoms with Gasteiger partial charge in [-0.25, -0.2) is 4.39 Å². The van der Waals surface area contributed by atoms with Gasteiger partial charge in [0.1, 0.15) is 0 Å². The summed E-state index contributed by atoms with van der Waals surface area (Å²) in [4.78, 5) is 0. The highest BCUT2D eigenvalue weighted by molar-refractivity contribution is 6.44. The molecule has 2 aromatic carbocycles. The second kappa shape index (κ2) is 5.91. The lowest BCUT2D eigenvalue weighted by molar-refractivity contribution is -0.275. The molecule has 8 heteroatoms. The van der Waals surface area contributed by atoms with Gasteiger partial charge in [-0.15, -0.1) is 13.2 Å². The van der Waals surface area contributed by atoms with E-state index in [1.165, 1.54) is 18.2 Å². The molecule has 0 aliphatic carbocycles. The van der Waals surface area contributed by atoms with E-state index < -0.39 is 17.9 Å². The second-order valence-corrected chi connectivity index (χ2v) is 5.16.